The van der Waals surface area contributed by atoms with E-state index in [2.05, 4.69) is 6.58 Å². The van der Waals surface area contributed by atoms with Crippen molar-refractivity contribution in [1.82, 2.24) is 0 Å². The van der Waals surface area contributed by atoms with Crippen LogP contribution in [-0.2, 0) is 0 Å². The molecule has 0 aromatic heterocycles. The highest BCUT2D eigenvalue weighted by Crippen LogP contribution is 2.23. The molecule has 0 amide bonds. The summed E-state index contributed by atoms with van der Waals surface area (Å²) in [4.78, 5) is 1.14. The highest BCUT2D eigenvalue weighted by atomic mass is 35.5. The number of benzene rings is 1. The van der Waals surface area contributed by atoms with E-state index in [1.807, 2.05) is 24.3 Å². The van der Waals surface area contributed by atoms with E-state index in [1.54, 1.807) is 18.7 Å². The van der Waals surface area contributed by atoms with E-state index in [9.17, 15) is 5.11 Å². The molecule has 1 aromatic carbocycles. The molecule has 0 aliphatic heterocycles. The zero-order chi connectivity index (χ0) is 10.6. The van der Waals surface area contributed by atoms with Gasteiger partial charge in [0.2, 0.25) is 0 Å². The molecule has 0 heterocycles. The van der Waals surface area contributed by atoms with Crippen LogP contribution in [0.4, 0.5) is 0 Å². The number of rotatable bonds is 4. The first kappa shape index (κ1) is 11.6. The Labute approximate surface area is 93.8 Å². The largest absolute Gasteiger partial charge is 0.389 e. The van der Waals surface area contributed by atoms with Crippen molar-refractivity contribution in [2.45, 2.75) is 17.9 Å². The number of hydrogen-bond acceptors (Lipinski definition) is 2. The summed E-state index contributed by atoms with van der Waals surface area (Å²) in [7, 11) is 0. The van der Waals surface area contributed by atoms with Crippen LogP contribution in [0.5, 0.6) is 0 Å². The van der Waals surface area contributed by atoms with Gasteiger partial charge in [-0.15, -0.1) is 11.8 Å². The van der Waals surface area contributed by atoms with Crippen molar-refractivity contribution < 1.29 is 5.11 Å². The Hall–Kier alpha value is -0.440. The standard InChI is InChI=1S/C11H13ClOS/c1-8(12)7-14-11-5-3-10(4-6-11)9(2)13/h3-6,9,13H,1,7H2,2H3. The fourth-order valence-corrected chi connectivity index (χ4v) is 1.82. The van der Waals surface area contributed by atoms with Gasteiger partial charge in [0.05, 0.1) is 6.10 Å². The Morgan fingerprint density at radius 2 is 2.07 bits per heavy atom. The van der Waals surface area contributed by atoms with Crippen LogP contribution >= 0.6 is 23.4 Å². The smallest absolute Gasteiger partial charge is 0.0761 e. The fraction of sp³-hybridized carbons (Fsp3) is 0.273. The third kappa shape index (κ3) is 3.74. The second-order valence-electron chi connectivity index (χ2n) is 3.05. The molecule has 0 fully saturated rings. The fourth-order valence-electron chi connectivity index (χ4n) is 1.00. The van der Waals surface area contributed by atoms with Crippen molar-refractivity contribution >= 4 is 23.4 Å². The van der Waals surface area contributed by atoms with Gasteiger partial charge in [-0.1, -0.05) is 30.3 Å². The molecule has 1 atom stereocenters. The third-order valence-electron chi connectivity index (χ3n) is 1.76. The highest BCUT2D eigenvalue weighted by Gasteiger charge is 2.00. The molecule has 0 saturated carbocycles. The van der Waals surface area contributed by atoms with E-state index in [0.29, 0.717) is 5.03 Å². The molecule has 0 bridgehead atoms. The van der Waals surface area contributed by atoms with Gasteiger partial charge in [-0.25, -0.2) is 0 Å². The number of hydrogen-bond donors (Lipinski definition) is 1. The molecule has 0 aliphatic carbocycles. The zero-order valence-electron chi connectivity index (χ0n) is 8.03. The molecule has 0 aliphatic rings. The van der Waals surface area contributed by atoms with E-state index >= 15 is 0 Å². The number of halogens is 1. The van der Waals surface area contributed by atoms with E-state index in [4.69, 9.17) is 11.6 Å². The minimum Gasteiger partial charge on any atom is -0.389 e. The molecule has 3 heteroatoms. The van der Waals surface area contributed by atoms with Crippen molar-refractivity contribution in [1.29, 1.82) is 0 Å². The summed E-state index contributed by atoms with van der Waals surface area (Å²) in [5.74, 6) is 0.718. The summed E-state index contributed by atoms with van der Waals surface area (Å²) in [6.07, 6.45) is -0.406. The molecule has 1 aromatic rings. The minimum absolute atomic E-state index is 0.406. The van der Waals surface area contributed by atoms with Crippen molar-refractivity contribution in [2.24, 2.45) is 0 Å². The average Bonchev–Trinajstić information content (AvgIpc) is 2.15. The lowest BCUT2D eigenvalue weighted by molar-refractivity contribution is 0.199. The molecule has 76 valence electrons. The lowest BCUT2D eigenvalue weighted by Gasteiger charge is -2.05. The Bertz CT molecular complexity index is 306. The molecule has 1 rings (SSSR count). The van der Waals surface area contributed by atoms with Crippen LogP contribution in [0.25, 0.3) is 0 Å². The molecule has 0 saturated heterocycles. The van der Waals surface area contributed by atoms with Crippen LogP contribution < -0.4 is 0 Å². The minimum atomic E-state index is -0.406. The second-order valence-corrected chi connectivity index (χ2v) is 4.63. The molecule has 1 N–H and O–H groups in total. The van der Waals surface area contributed by atoms with Crippen LogP contribution in [0.2, 0.25) is 0 Å². The summed E-state index contributed by atoms with van der Waals surface area (Å²) in [5.41, 5.74) is 0.930. The molecular weight excluding hydrogens is 216 g/mol. The molecule has 0 radical (unpaired) electrons. The lowest BCUT2D eigenvalue weighted by Crippen LogP contribution is -1.89. The van der Waals surface area contributed by atoms with Gasteiger partial charge in [0.15, 0.2) is 0 Å². The summed E-state index contributed by atoms with van der Waals surface area (Å²) in [6.45, 7) is 5.37. The van der Waals surface area contributed by atoms with E-state index in [-0.39, 0.29) is 0 Å². The van der Waals surface area contributed by atoms with E-state index < -0.39 is 6.10 Å². The molecular formula is C11H13ClOS. The highest BCUT2D eigenvalue weighted by molar-refractivity contribution is 7.99. The predicted octanol–water partition coefficient (Wildman–Crippen LogP) is 3.58. The van der Waals surface area contributed by atoms with E-state index in [1.165, 1.54) is 0 Å². The maximum absolute atomic E-state index is 9.29. The van der Waals surface area contributed by atoms with Crippen LogP contribution in [0.15, 0.2) is 40.8 Å². The van der Waals surface area contributed by atoms with Crippen LogP contribution in [0.1, 0.15) is 18.6 Å². The van der Waals surface area contributed by atoms with Gasteiger partial charge < -0.3 is 5.11 Å². The van der Waals surface area contributed by atoms with Gasteiger partial charge in [0.25, 0.3) is 0 Å². The quantitative estimate of drug-likeness (QED) is 0.795. The van der Waals surface area contributed by atoms with Crippen molar-refractivity contribution in [3.63, 3.8) is 0 Å². The average molecular weight is 229 g/mol. The van der Waals surface area contributed by atoms with Gasteiger partial charge >= 0.3 is 0 Å². The molecule has 14 heavy (non-hydrogen) atoms. The van der Waals surface area contributed by atoms with Gasteiger partial charge in [-0.05, 0) is 24.6 Å². The molecule has 1 unspecified atom stereocenters. The summed E-state index contributed by atoms with van der Waals surface area (Å²) in [6, 6.07) is 7.80. The maximum atomic E-state index is 9.29. The number of aliphatic hydroxyl groups is 1. The monoisotopic (exact) mass is 228 g/mol. The third-order valence-corrected chi connectivity index (χ3v) is 3.15. The predicted molar refractivity (Wildman–Crippen MR) is 62.8 cm³/mol. The van der Waals surface area contributed by atoms with Crippen LogP contribution in [0, 0.1) is 0 Å². The first-order chi connectivity index (χ1) is 6.59. The number of thioether (sulfide) groups is 1. The first-order valence-corrected chi connectivity index (χ1v) is 5.70. The Kier molecular flexibility index (Phi) is 4.52. The van der Waals surface area contributed by atoms with Gasteiger partial charge in [-0.2, -0.15) is 0 Å². The normalized spacial score (nSPS) is 12.5. The molecule has 1 nitrogen and oxygen atoms in total. The van der Waals surface area contributed by atoms with Crippen molar-refractivity contribution in [3.05, 3.63) is 41.4 Å². The summed E-state index contributed by atoms with van der Waals surface area (Å²) in [5, 5.41) is 9.94. The Morgan fingerprint density at radius 1 is 1.50 bits per heavy atom. The van der Waals surface area contributed by atoms with Gasteiger partial charge in [-0.3, -0.25) is 0 Å². The van der Waals surface area contributed by atoms with Gasteiger partial charge in [0.1, 0.15) is 0 Å². The van der Waals surface area contributed by atoms with Crippen LogP contribution in [0.3, 0.4) is 0 Å². The maximum Gasteiger partial charge on any atom is 0.0761 e. The zero-order valence-corrected chi connectivity index (χ0v) is 9.61. The second kappa shape index (κ2) is 5.44. The van der Waals surface area contributed by atoms with Gasteiger partial charge in [0, 0.05) is 15.7 Å². The Morgan fingerprint density at radius 3 is 2.50 bits per heavy atom. The van der Waals surface area contributed by atoms with E-state index in [0.717, 1.165) is 16.2 Å². The lowest BCUT2D eigenvalue weighted by atomic mass is 10.1. The SMILES string of the molecule is C=C(Cl)CSc1ccc(C(C)O)cc1. The Balaban J connectivity index is 2.59. The summed E-state index contributed by atoms with van der Waals surface area (Å²) < 4.78 is 0. The topological polar surface area (TPSA) is 20.2 Å². The van der Waals surface area contributed by atoms with Crippen LogP contribution in [-0.4, -0.2) is 10.9 Å². The number of aliphatic hydroxyl groups excluding tert-OH is 1. The molecule has 0 spiro atoms. The van der Waals surface area contributed by atoms with Crippen molar-refractivity contribution in [3.8, 4) is 0 Å². The van der Waals surface area contributed by atoms with Crippen molar-refractivity contribution in [2.75, 3.05) is 5.75 Å². The first-order valence-electron chi connectivity index (χ1n) is 4.33. The summed E-state index contributed by atoms with van der Waals surface area (Å²) >= 11 is 7.29.